The fourth-order valence-corrected chi connectivity index (χ4v) is 7.08. The summed E-state index contributed by atoms with van der Waals surface area (Å²) in [7, 11) is 0. The highest BCUT2D eigenvalue weighted by molar-refractivity contribution is 5.76. The van der Waals surface area contributed by atoms with Gasteiger partial charge in [-0.25, -0.2) is 0 Å². The Morgan fingerprint density at radius 2 is 0.900 bits per heavy atom. The van der Waals surface area contributed by atoms with Crippen LogP contribution in [0.1, 0.15) is 162 Å². The predicted octanol–water partition coefficient (Wildman–Crippen LogP) is 12.9. The number of nitrogens with one attached hydrogen (secondary N) is 1. The van der Waals surface area contributed by atoms with Gasteiger partial charge in [-0.2, -0.15) is 0 Å². The van der Waals surface area contributed by atoms with Crippen molar-refractivity contribution in [3.63, 3.8) is 0 Å². The van der Waals surface area contributed by atoms with Gasteiger partial charge in [-0.1, -0.05) is 198 Å². The van der Waals surface area contributed by atoms with Gasteiger partial charge in [-0.3, -0.25) is 4.79 Å². The zero-order valence-electron chi connectivity index (χ0n) is 43.2. The van der Waals surface area contributed by atoms with Gasteiger partial charge >= 0.3 is 0 Å². The van der Waals surface area contributed by atoms with Crippen LogP contribution < -0.4 is 5.32 Å². The molecule has 1 fully saturated rings. The summed E-state index contributed by atoms with van der Waals surface area (Å²) < 4.78 is 11.2. The predicted molar refractivity (Wildman–Crippen MR) is 294 cm³/mol. The molecule has 7 atom stereocenters. The van der Waals surface area contributed by atoms with Crippen molar-refractivity contribution in [3.05, 3.63) is 158 Å². The first-order valence-corrected chi connectivity index (χ1v) is 26.7. The first-order valence-electron chi connectivity index (χ1n) is 26.7. The highest BCUT2D eigenvalue weighted by Crippen LogP contribution is 2.22. The van der Waals surface area contributed by atoms with Gasteiger partial charge in [0, 0.05) is 6.42 Å². The van der Waals surface area contributed by atoms with Gasteiger partial charge in [0.1, 0.15) is 24.4 Å². The minimum atomic E-state index is -1.59. The first kappa shape index (κ1) is 63.8. The van der Waals surface area contributed by atoms with Gasteiger partial charge in [0.2, 0.25) is 5.91 Å². The van der Waals surface area contributed by atoms with Crippen LogP contribution in [0, 0.1) is 0 Å². The third-order valence-electron chi connectivity index (χ3n) is 11.3. The largest absolute Gasteiger partial charge is 0.394 e. The van der Waals surface area contributed by atoms with Gasteiger partial charge in [-0.05, 0) is 116 Å². The molecule has 1 amide bonds. The Morgan fingerprint density at radius 1 is 0.500 bits per heavy atom. The Kier molecular flexibility index (Phi) is 44.2. The minimum absolute atomic E-state index is 0.226. The van der Waals surface area contributed by atoms with Crippen LogP contribution in [0.4, 0.5) is 0 Å². The van der Waals surface area contributed by atoms with E-state index in [1.54, 1.807) is 6.08 Å². The van der Waals surface area contributed by atoms with Crippen LogP contribution >= 0.6 is 0 Å². The number of carbonyl (C=O) groups excluding carboxylic acids is 1. The van der Waals surface area contributed by atoms with E-state index in [-0.39, 0.29) is 12.5 Å². The van der Waals surface area contributed by atoms with Gasteiger partial charge in [-0.15, -0.1) is 0 Å². The average Bonchev–Trinajstić information content (AvgIpc) is 3.36. The van der Waals surface area contributed by atoms with E-state index in [4.69, 9.17) is 9.47 Å². The summed E-state index contributed by atoms with van der Waals surface area (Å²) in [6.07, 6.45) is 70.2. The summed E-state index contributed by atoms with van der Waals surface area (Å²) in [4.78, 5) is 13.0. The minimum Gasteiger partial charge on any atom is -0.394 e. The molecule has 0 bridgehead atoms. The summed E-state index contributed by atoms with van der Waals surface area (Å²) >= 11 is 0. The molecule has 9 nitrogen and oxygen atoms in total. The molecule has 0 spiro atoms. The summed E-state index contributed by atoms with van der Waals surface area (Å²) in [6.45, 7) is 3.54. The molecule has 70 heavy (non-hydrogen) atoms. The molecule has 1 rings (SSSR count). The lowest BCUT2D eigenvalue weighted by molar-refractivity contribution is -0.302. The van der Waals surface area contributed by atoms with E-state index in [2.05, 4.69) is 165 Å². The molecular formula is C61H95NO8. The molecule has 0 aliphatic carbocycles. The van der Waals surface area contributed by atoms with E-state index in [9.17, 15) is 30.3 Å². The van der Waals surface area contributed by atoms with E-state index in [0.717, 1.165) is 116 Å². The average molecular weight is 970 g/mol. The molecule has 1 aliphatic heterocycles. The van der Waals surface area contributed by atoms with Crippen LogP contribution in [0.3, 0.4) is 0 Å². The highest BCUT2D eigenvalue weighted by Gasteiger charge is 2.44. The monoisotopic (exact) mass is 970 g/mol. The number of aliphatic hydroxyl groups is 5. The summed E-state index contributed by atoms with van der Waals surface area (Å²) in [5.41, 5.74) is 0. The number of amides is 1. The molecule has 6 N–H and O–H groups in total. The van der Waals surface area contributed by atoms with Crippen LogP contribution in [0.2, 0.25) is 0 Å². The fourth-order valence-electron chi connectivity index (χ4n) is 7.08. The maximum atomic E-state index is 13.0. The Bertz CT molecular complexity index is 1640. The zero-order valence-corrected chi connectivity index (χ0v) is 43.2. The number of ether oxygens (including phenoxy) is 2. The molecule has 1 heterocycles. The molecule has 392 valence electrons. The standard InChI is InChI=1S/C61H95NO8/c1-3-5-7-9-11-13-15-17-18-19-20-21-22-23-24-25-26-27-28-29-30-31-32-33-34-35-36-37-38-39-41-43-45-47-49-51-57(65)62-54(53-69-61-60(68)59(67)58(66)56(52-63)70-61)55(64)50-48-46-44-42-40-16-14-12-10-8-6-4-2/h5,7,10-13,17-18,20-21,23-24,26-27,29-30,32-33,35-36,38-40,42,48,50,54-56,58-61,63-64,66-68H,3-4,6,8-9,14-16,19,22,25,28,31,34,37,41,43-47,49,51-53H2,1-2H3,(H,62,65)/b7-5-,12-10+,13-11-,18-17-,21-20-,24-23-,27-26-,30-29-,33-32-,36-35-,39-38-,42-40+,50-48+. The number of unbranched alkanes of at least 4 members (excludes halogenated alkanes) is 8. The second-order valence-electron chi connectivity index (χ2n) is 17.6. The number of hydrogen-bond donors (Lipinski definition) is 6. The van der Waals surface area contributed by atoms with Crippen molar-refractivity contribution < 1.29 is 39.8 Å². The molecule has 0 radical (unpaired) electrons. The van der Waals surface area contributed by atoms with E-state index < -0.39 is 49.5 Å². The Morgan fingerprint density at radius 3 is 1.36 bits per heavy atom. The number of rotatable bonds is 42. The van der Waals surface area contributed by atoms with E-state index in [0.29, 0.717) is 19.3 Å². The zero-order chi connectivity index (χ0) is 50.8. The smallest absolute Gasteiger partial charge is 0.220 e. The molecule has 9 heteroatoms. The lowest BCUT2D eigenvalue weighted by atomic mass is 9.99. The number of aliphatic hydroxyl groups excluding tert-OH is 5. The van der Waals surface area contributed by atoms with Crippen LogP contribution in [-0.2, 0) is 14.3 Å². The van der Waals surface area contributed by atoms with Crippen molar-refractivity contribution in [1.29, 1.82) is 0 Å². The summed E-state index contributed by atoms with van der Waals surface area (Å²) in [5.74, 6) is -0.226. The Balaban J connectivity index is 2.26. The van der Waals surface area contributed by atoms with Gasteiger partial charge in [0.25, 0.3) is 0 Å². The Hall–Kier alpha value is -4.19. The second-order valence-corrected chi connectivity index (χ2v) is 17.6. The van der Waals surface area contributed by atoms with E-state index in [1.165, 1.54) is 12.8 Å². The van der Waals surface area contributed by atoms with Crippen LogP contribution in [0.25, 0.3) is 0 Å². The molecule has 7 unspecified atom stereocenters. The molecule has 1 saturated heterocycles. The third kappa shape index (κ3) is 37.6. The van der Waals surface area contributed by atoms with Gasteiger partial charge < -0.3 is 40.3 Å². The molecule has 0 saturated carbocycles. The first-order chi connectivity index (χ1) is 34.3. The van der Waals surface area contributed by atoms with Crippen molar-refractivity contribution >= 4 is 5.91 Å². The van der Waals surface area contributed by atoms with Gasteiger partial charge in [0.15, 0.2) is 6.29 Å². The van der Waals surface area contributed by atoms with E-state index in [1.807, 2.05) is 6.08 Å². The molecule has 0 aromatic carbocycles. The second kappa shape index (κ2) is 48.4. The van der Waals surface area contributed by atoms with Crippen molar-refractivity contribution in [3.8, 4) is 0 Å². The number of hydrogen-bond acceptors (Lipinski definition) is 8. The third-order valence-corrected chi connectivity index (χ3v) is 11.3. The van der Waals surface area contributed by atoms with Crippen molar-refractivity contribution in [2.24, 2.45) is 0 Å². The van der Waals surface area contributed by atoms with Crippen molar-refractivity contribution in [1.82, 2.24) is 5.32 Å². The van der Waals surface area contributed by atoms with Gasteiger partial charge in [0.05, 0.1) is 25.4 Å². The van der Waals surface area contributed by atoms with Crippen LogP contribution in [0.15, 0.2) is 158 Å². The molecular weight excluding hydrogens is 875 g/mol. The van der Waals surface area contributed by atoms with E-state index >= 15 is 0 Å². The van der Waals surface area contributed by atoms with Crippen LogP contribution in [0.5, 0.6) is 0 Å². The SMILES string of the molecule is CC/C=C\C/C=C\C/C=C\C/C=C\C/C=C\C/C=C\C/C=C\C/C=C\C/C=C\C/C=C\CCCCCCC(=O)NC(COC1OC(CO)C(O)C(O)C1O)C(O)/C=C/CC/C=C/CC/C=C/CCCC. The van der Waals surface area contributed by atoms with Crippen molar-refractivity contribution in [2.45, 2.75) is 204 Å². The molecule has 1 aliphatic rings. The number of allylic oxidation sites excluding steroid dienone is 25. The molecule has 0 aromatic heterocycles. The van der Waals surface area contributed by atoms with Crippen molar-refractivity contribution in [2.75, 3.05) is 13.2 Å². The normalized spacial score (nSPS) is 20.7. The van der Waals surface area contributed by atoms with Crippen LogP contribution in [-0.4, -0.2) is 87.5 Å². The molecule has 0 aromatic rings. The quantitative estimate of drug-likeness (QED) is 0.0262. The lowest BCUT2D eigenvalue weighted by Gasteiger charge is -2.40. The lowest BCUT2D eigenvalue weighted by Crippen LogP contribution is -2.60. The summed E-state index contributed by atoms with van der Waals surface area (Å²) in [6, 6.07) is -0.853. The summed E-state index contributed by atoms with van der Waals surface area (Å²) in [5, 5.41) is 54.2. The maximum Gasteiger partial charge on any atom is 0.220 e. The Labute approximate surface area is 425 Å². The fraction of sp³-hybridized carbons (Fsp3) is 0.557. The highest BCUT2D eigenvalue weighted by atomic mass is 16.7. The number of carbonyl (C=O) groups is 1. The maximum absolute atomic E-state index is 13.0. The topological polar surface area (TPSA) is 149 Å².